The topological polar surface area (TPSA) is 110 Å². The molecular weight excluding hydrogens is 586 g/mol. The van der Waals surface area contributed by atoms with Gasteiger partial charge in [-0.2, -0.15) is 0 Å². The summed E-state index contributed by atoms with van der Waals surface area (Å²) in [4.78, 5) is 12.5. The Morgan fingerprint density at radius 3 is 1.28 bits per heavy atom. The maximum absolute atomic E-state index is 12.5. The first-order valence-corrected chi connectivity index (χ1v) is 20.6. The van der Waals surface area contributed by atoms with Crippen LogP contribution in [0.4, 0.5) is 0 Å². The lowest BCUT2D eigenvalue weighted by Crippen LogP contribution is -2.53. The third-order valence-corrected chi connectivity index (χ3v) is 9.73. The molecule has 5 N–H and O–H groups in total. The molecule has 1 amide bonds. The molecule has 6 heteroatoms. The van der Waals surface area contributed by atoms with Crippen molar-refractivity contribution in [2.75, 3.05) is 6.61 Å². The molecule has 0 aromatic carbocycles. The van der Waals surface area contributed by atoms with Crippen molar-refractivity contribution < 1.29 is 25.2 Å². The minimum atomic E-state index is -1.28. The Labute approximate surface area is 292 Å². The van der Waals surface area contributed by atoms with Crippen molar-refractivity contribution in [1.29, 1.82) is 0 Å². The number of aliphatic hydroxyl groups is 4. The van der Waals surface area contributed by atoms with E-state index in [4.69, 9.17) is 0 Å². The van der Waals surface area contributed by atoms with Crippen LogP contribution in [0.25, 0.3) is 0 Å². The van der Waals surface area contributed by atoms with E-state index in [1.807, 2.05) is 0 Å². The van der Waals surface area contributed by atoms with Gasteiger partial charge in [-0.25, -0.2) is 0 Å². The molecule has 0 spiro atoms. The highest BCUT2D eigenvalue weighted by molar-refractivity contribution is 5.80. The van der Waals surface area contributed by atoms with Crippen LogP contribution in [0.15, 0.2) is 12.2 Å². The van der Waals surface area contributed by atoms with Crippen LogP contribution in [0.3, 0.4) is 0 Å². The first-order chi connectivity index (χ1) is 23.0. The van der Waals surface area contributed by atoms with Gasteiger partial charge in [0.15, 0.2) is 0 Å². The Balaban J connectivity index is 3.79. The van der Waals surface area contributed by atoms with Crippen LogP contribution >= 0.6 is 0 Å². The van der Waals surface area contributed by atoms with Crippen LogP contribution in [0.1, 0.15) is 213 Å². The zero-order valence-electron chi connectivity index (χ0n) is 31.3. The van der Waals surface area contributed by atoms with E-state index in [0.29, 0.717) is 12.8 Å². The third kappa shape index (κ3) is 30.8. The predicted octanol–water partition coefficient (Wildman–Crippen LogP) is 10.2. The number of hydrogen-bond donors (Lipinski definition) is 5. The summed E-state index contributed by atoms with van der Waals surface area (Å²) in [5.74, 6) is -0.592. The van der Waals surface area contributed by atoms with E-state index in [-0.39, 0.29) is 0 Å². The molecular formula is C41H81NO5. The molecule has 4 atom stereocenters. The highest BCUT2D eigenvalue weighted by Gasteiger charge is 2.28. The van der Waals surface area contributed by atoms with Crippen LogP contribution < -0.4 is 5.32 Å². The molecule has 0 aliphatic rings. The van der Waals surface area contributed by atoms with Crippen molar-refractivity contribution in [3.05, 3.63) is 12.2 Å². The Hall–Kier alpha value is -0.950. The third-order valence-electron chi connectivity index (χ3n) is 9.73. The summed E-state index contributed by atoms with van der Waals surface area (Å²) < 4.78 is 0. The lowest BCUT2D eigenvalue weighted by atomic mass is 10.00. The molecule has 0 saturated carbocycles. The molecule has 0 heterocycles. The number of unbranched alkanes of at least 4 members (excludes halogenated alkanes) is 26. The van der Waals surface area contributed by atoms with Crippen LogP contribution in [0.5, 0.6) is 0 Å². The lowest BCUT2D eigenvalue weighted by molar-refractivity contribution is -0.132. The van der Waals surface area contributed by atoms with Gasteiger partial charge in [-0.05, 0) is 38.5 Å². The molecule has 0 saturated heterocycles. The minimum absolute atomic E-state index is 0.367. The summed E-state index contributed by atoms with van der Waals surface area (Å²) in [7, 11) is 0. The van der Waals surface area contributed by atoms with Gasteiger partial charge in [0.2, 0.25) is 5.91 Å². The second-order valence-electron chi connectivity index (χ2n) is 14.3. The first-order valence-electron chi connectivity index (χ1n) is 20.6. The van der Waals surface area contributed by atoms with Gasteiger partial charge in [0.05, 0.1) is 18.8 Å². The van der Waals surface area contributed by atoms with E-state index < -0.39 is 36.9 Å². The highest BCUT2D eigenvalue weighted by atomic mass is 16.3. The van der Waals surface area contributed by atoms with Crippen molar-refractivity contribution in [2.45, 2.75) is 237 Å². The molecule has 0 aliphatic heterocycles. The predicted molar refractivity (Wildman–Crippen MR) is 201 cm³/mol. The molecule has 280 valence electrons. The van der Waals surface area contributed by atoms with Crippen molar-refractivity contribution >= 4 is 5.91 Å². The van der Waals surface area contributed by atoms with E-state index >= 15 is 0 Å². The fraction of sp³-hybridized carbons (Fsp3) is 0.927. The van der Waals surface area contributed by atoms with Gasteiger partial charge in [-0.3, -0.25) is 4.79 Å². The quantitative estimate of drug-likeness (QED) is 0.0335. The molecule has 0 aromatic rings. The number of carbonyl (C=O) groups is 1. The summed E-state index contributed by atoms with van der Waals surface area (Å²) in [6, 6.07) is -0.996. The number of aliphatic hydroxyl groups excluding tert-OH is 4. The fourth-order valence-corrected chi connectivity index (χ4v) is 6.40. The van der Waals surface area contributed by atoms with E-state index in [2.05, 4.69) is 31.3 Å². The summed E-state index contributed by atoms with van der Waals surface area (Å²) >= 11 is 0. The van der Waals surface area contributed by atoms with Crippen molar-refractivity contribution in [3.63, 3.8) is 0 Å². The number of carbonyl (C=O) groups excluding carboxylic acids is 1. The van der Waals surface area contributed by atoms with Crippen molar-refractivity contribution in [3.8, 4) is 0 Å². The van der Waals surface area contributed by atoms with Gasteiger partial charge in [0, 0.05) is 0 Å². The number of amides is 1. The Morgan fingerprint density at radius 2 is 0.872 bits per heavy atom. The summed E-state index contributed by atoms with van der Waals surface area (Å²) in [5.41, 5.74) is 0. The van der Waals surface area contributed by atoms with Gasteiger partial charge in [0.1, 0.15) is 12.2 Å². The lowest BCUT2D eigenvalue weighted by Gasteiger charge is -2.27. The monoisotopic (exact) mass is 668 g/mol. The van der Waals surface area contributed by atoms with E-state index in [9.17, 15) is 25.2 Å². The maximum atomic E-state index is 12.5. The molecule has 0 radical (unpaired) electrons. The zero-order chi connectivity index (χ0) is 34.6. The second-order valence-corrected chi connectivity index (χ2v) is 14.3. The smallest absolute Gasteiger partial charge is 0.249 e. The molecule has 6 nitrogen and oxygen atoms in total. The Bertz CT molecular complexity index is 672. The maximum Gasteiger partial charge on any atom is 0.249 e. The van der Waals surface area contributed by atoms with Crippen LogP contribution in [-0.2, 0) is 4.79 Å². The van der Waals surface area contributed by atoms with Crippen molar-refractivity contribution in [1.82, 2.24) is 5.32 Å². The highest BCUT2D eigenvalue weighted by Crippen LogP contribution is 2.16. The average Bonchev–Trinajstić information content (AvgIpc) is 3.07. The summed E-state index contributed by atoms with van der Waals surface area (Å²) in [6.45, 7) is 4.03. The molecule has 0 aromatic heterocycles. The van der Waals surface area contributed by atoms with Gasteiger partial charge in [0.25, 0.3) is 0 Å². The molecule has 0 bridgehead atoms. The SMILES string of the molecule is CCCCCCCCCCCCCC/C=C/CCCC(O)C(O)C(CO)NC(=O)C(O)CCCCCCCCCCCCCCCC. The van der Waals surface area contributed by atoms with E-state index in [1.54, 1.807) is 0 Å². The first kappa shape index (κ1) is 46.0. The second kappa shape index (κ2) is 36.3. The van der Waals surface area contributed by atoms with Gasteiger partial charge >= 0.3 is 0 Å². The average molecular weight is 668 g/mol. The number of hydrogen-bond acceptors (Lipinski definition) is 5. The van der Waals surface area contributed by atoms with Crippen LogP contribution in [-0.4, -0.2) is 57.3 Å². The largest absolute Gasteiger partial charge is 0.394 e. The number of allylic oxidation sites excluding steroid dienone is 2. The summed E-state index contributed by atoms with van der Waals surface area (Å²) in [6.07, 6.45) is 38.1. The van der Waals surface area contributed by atoms with Gasteiger partial charge in [-0.1, -0.05) is 187 Å². The molecule has 0 fully saturated rings. The molecule has 4 unspecified atom stereocenters. The van der Waals surface area contributed by atoms with Crippen LogP contribution in [0.2, 0.25) is 0 Å². The fourth-order valence-electron chi connectivity index (χ4n) is 6.40. The Morgan fingerprint density at radius 1 is 0.511 bits per heavy atom. The van der Waals surface area contributed by atoms with Crippen molar-refractivity contribution in [2.24, 2.45) is 0 Å². The molecule has 0 rings (SSSR count). The van der Waals surface area contributed by atoms with Gasteiger partial charge < -0.3 is 25.7 Å². The van der Waals surface area contributed by atoms with E-state index in [0.717, 1.165) is 38.5 Å². The van der Waals surface area contributed by atoms with Gasteiger partial charge in [-0.15, -0.1) is 0 Å². The molecule has 47 heavy (non-hydrogen) atoms. The molecule has 0 aliphatic carbocycles. The zero-order valence-corrected chi connectivity index (χ0v) is 31.3. The van der Waals surface area contributed by atoms with E-state index in [1.165, 1.54) is 148 Å². The minimum Gasteiger partial charge on any atom is -0.394 e. The standard InChI is InChI=1S/C41H81NO5/c1-3-5-7-9-11-13-15-17-19-20-21-23-24-26-28-30-32-34-38(44)40(46)37(36-43)42-41(47)39(45)35-33-31-29-27-25-22-18-16-14-12-10-8-6-4-2/h26,28,37-40,43-46H,3-25,27,29-36H2,1-2H3,(H,42,47)/b28-26+. The number of nitrogens with one attached hydrogen (secondary N) is 1. The number of rotatable bonds is 37. The summed E-state index contributed by atoms with van der Waals surface area (Å²) in [5, 5.41) is 43.5. The normalized spacial score (nSPS) is 14.4. The van der Waals surface area contributed by atoms with Crippen LogP contribution in [0, 0.1) is 0 Å². The Kier molecular flexibility index (Phi) is 35.6.